The number of thioether (sulfide) groups is 1. The normalized spacial score (nSPS) is 23.9. The third-order valence-electron chi connectivity index (χ3n) is 2.69. The number of fused-ring (bicyclic) bond motifs is 1. The molecule has 1 aromatic rings. The highest BCUT2D eigenvalue weighted by Gasteiger charge is 2.49. The van der Waals surface area contributed by atoms with Gasteiger partial charge in [-0.1, -0.05) is 0 Å². The van der Waals surface area contributed by atoms with Crippen LogP contribution in [0.4, 0.5) is 0 Å². The molecule has 0 aromatic carbocycles. The second kappa shape index (κ2) is 3.67. The van der Waals surface area contributed by atoms with E-state index in [4.69, 9.17) is 5.11 Å². The molecule has 1 atom stereocenters. The minimum absolute atomic E-state index is 0.0169. The van der Waals surface area contributed by atoms with Crippen LogP contribution in [0.25, 0.3) is 6.08 Å². The zero-order valence-electron chi connectivity index (χ0n) is 9.14. The number of carboxylic acid groups (broad SMARTS) is 1. The fourth-order valence-corrected chi connectivity index (χ4v) is 2.88. The molecule has 3 rings (SSSR count). The van der Waals surface area contributed by atoms with E-state index in [9.17, 15) is 9.59 Å². The number of rotatable bonds is 2. The molecule has 0 aliphatic carbocycles. The van der Waals surface area contributed by atoms with Crippen LogP contribution in [0.1, 0.15) is 5.82 Å². The number of hydrogen-bond donors (Lipinski definition) is 1. The quantitative estimate of drug-likeness (QED) is 0.564. The molecule has 3 heterocycles. The van der Waals surface area contributed by atoms with E-state index in [1.807, 2.05) is 0 Å². The van der Waals surface area contributed by atoms with Crippen molar-refractivity contribution in [1.29, 1.82) is 0 Å². The van der Waals surface area contributed by atoms with E-state index >= 15 is 0 Å². The van der Waals surface area contributed by atoms with Crippen LogP contribution in [0.3, 0.4) is 0 Å². The van der Waals surface area contributed by atoms with Crippen molar-refractivity contribution in [1.82, 2.24) is 25.1 Å². The van der Waals surface area contributed by atoms with E-state index < -0.39 is 5.97 Å². The Bertz CT molecular complexity index is 619. The highest BCUT2D eigenvalue weighted by atomic mass is 32.2. The first-order valence-electron chi connectivity index (χ1n) is 4.96. The Labute approximate surface area is 105 Å². The number of aliphatic carboxylic acids is 1. The third kappa shape index (κ3) is 1.37. The predicted octanol–water partition coefficient (Wildman–Crippen LogP) is -0.565. The number of hydrogen-bond acceptors (Lipinski definition) is 6. The van der Waals surface area contributed by atoms with E-state index in [-0.39, 0.29) is 17.0 Å². The second-order valence-corrected chi connectivity index (χ2v) is 4.69. The predicted molar refractivity (Wildman–Crippen MR) is 60.7 cm³/mol. The average Bonchev–Trinajstić information content (AvgIpc) is 2.90. The molecule has 1 amide bonds. The van der Waals surface area contributed by atoms with Gasteiger partial charge in [0.05, 0.1) is 5.57 Å². The molecule has 1 saturated heterocycles. The van der Waals surface area contributed by atoms with Crippen LogP contribution in [0.15, 0.2) is 16.7 Å². The first kappa shape index (κ1) is 11.0. The van der Waals surface area contributed by atoms with Gasteiger partial charge < -0.3 is 5.11 Å². The van der Waals surface area contributed by atoms with Crippen molar-refractivity contribution in [3.8, 4) is 0 Å². The summed E-state index contributed by atoms with van der Waals surface area (Å²) in [7, 11) is 1.66. The van der Waals surface area contributed by atoms with Crippen molar-refractivity contribution in [2.75, 3.05) is 0 Å². The molecule has 1 fully saturated rings. The van der Waals surface area contributed by atoms with Gasteiger partial charge in [-0.3, -0.25) is 9.69 Å². The third-order valence-corrected chi connectivity index (χ3v) is 3.77. The van der Waals surface area contributed by atoms with Gasteiger partial charge in [-0.05, 0) is 16.5 Å². The van der Waals surface area contributed by atoms with E-state index in [0.29, 0.717) is 11.4 Å². The highest BCUT2D eigenvalue weighted by Crippen LogP contribution is 2.44. The number of amides is 1. The topological polar surface area (TPSA) is 101 Å². The lowest BCUT2D eigenvalue weighted by Gasteiger charge is -2.36. The van der Waals surface area contributed by atoms with Crippen molar-refractivity contribution >= 4 is 29.7 Å². The van der Waals surface area contributed by atoms with Crippen LogP contribution in [0.5, 0.6) is 0 Å². The van der Waals surface area contributed by atoms with Crippen LogP contribution >= 0.6 is 11.8 Å². The molecule has 92 valence electrons. The van der Waals surface area contributed by atoms with E-state index in [1.54, 1.807) is 13.1 Å². The number of tetrazole rings is 1. The van der Waals surface area contributed by atoms with Gasteiger partial charge in [-0.25, -0.2) is 9.48 Å². The van der Waals surface area contributed by atoms with Crippen molar-refractivity contribution in [2.45, 2.75) is 5.37 Å². The molecule has 1 N–H and O–H groups in total. The Morgan fingerprint density at radius 2 is 2.39 bits per heavy atom. The van der Waals surface area contributed by atoms with Crippen molar-refractivity contribution in [3.05, 3.63) is 22.5 Å². The molecule has 0 unspecified atom stereocenters. The summed E-state index contributed by atoms with van der Waals surface area (Å²) in [4.78, 5) is 24.0. The number of carboxylic acids is 1. The monoisotopic (exact) mass is 265 g/mol. The van der Waals surface area contributed by atoms with E-state index in [0.717, 1.165) is 0 Å². The molecule has 2 aliphatic heterocycles. The van der Waals surface area contributed by atoms with Gasteiger partial charge in [-0.2, -0.15) is 0 Å². The first-order valence-corrected chi connectivity index (χ1v) is 5.90. The maximum atomic E-state index is 11.9. The van der Waals surface area contributed by atoms with E-state index in [2.05, 4.69) is 15.5 Å². The lowest BCUT2D eigenvalue weighted by Crippen LogP contribution is -2.51. The summed E-state index contributed by atoms with van der Waals surface area (Å²) in [5, 5.41) is 21.0. The molecule has 0 bridgehead atoms. The summed E-state index contributed by atoms with van der Waals surface area (Å²) in [5.74, 6) is -0.957. The van der Waals surface area contributed by atoms with Crippen molar-refractivity contribution in [3.63, 3.8) is 0 Å². The van der Waals surface area contributed by atoms with Gasteiger partial charge in [0.15, 0.2) is 5.82 Å². The fourth-order valence-electron chi connectivity index (χ4n) is 1.76. The lowest BCUT2D eigenvalue weighted by atomic mass is 10.0. The van der Waals surface area contributed by atoms with E-state index in [1.165, 1.54) is 26.8 Å². The maximum absolute atomic E-state index is 11.9. The summed E-state index contributed by atoms with van der Waals surface area (Å²) in [6.07, 6.45) is 1.58. The summed E-state index contributed by atoms with van der Waals surface area (Å²) in [6, 6.07) is 0. The molecule has 1 aromatic heterocycles. The first-order chi connectivity index (χ1) is 8.59. The fraction of sp³-hybridized carbons (Fsp3) is 0.222. The molecule has 2 aliphatic rings. The number of nitrogens with zero attached hydrogens (tertiary/aromatic N) is 5. The van der Waals surface area contributed by atoms with Gasteiger partial charge >= 0.3 is 5.97 Å². The Hall–Kier alpha value is -2.16. The number of aryl methyl sites for hydroxylation is 1. The van der Waals surface area contributed by atoms with Gasteiger partial charge in [0.2, 0.25) is 0 Å². The minimum Gasteiger partial charge on any atom is -0.477 e. The minimum atomic E-state index is -1.10. The SMILES string of the molecule is Cn1nnnc1/C=C1\C(=O)N2C(C(=O)O)=CS[C@H]12. The number of carbonyl (C=O) groups is 2. The summed E-state index contributed by atoms with van der Waals surface area (Å²) >= 11 is 1.28. The Morgan fingerprint density at radius 3 is 3.00 bits per heavy atom. The zero-order valence-corrected chi connectivity index (χ0v) is 9.96. The van der Waals surface area contributed by atoms with Gasteiger partial charge in [0.25, 0.3) is 5.91 Å². The number of carbonyl (C=O) groups excluding carboxylic acids is 1. The molecule has 0 saturated carbocycles. The largest absolute Gasteiger partial charge is 0.477 e. The highest BCUT2D eigenvalue weighted by molar-refractivity contribution is 8.03. The smallest absolute Gasteiger partial charge is 0.353 e. The molecular formula is C9H7N5O3S. The number of aromatic nitrogens is 4. The average molecular weight is 265 g/mol. The summed E-state index contributed by atoms with van der Waals surface area (Å²) < 4.78 is 1.44. The Balaban J connectivity index is 1.89. The van der Waals surface area contributed by atoms with Gasteiger partial charge in [-0.15, -0.1) is 16.9 Å². The molecule has 0 radical (unpaired) electrons. The molecule has 0 spiro atoms. The molecule has 18 heavy (non-hydrogen) atoms. The van der Waals surface area contributed by atoms with Crippen LogP contribution in [0, 0.1) is 0 Å². The lowest BCUT2D eigenvalue weighted by molar-refractivity contribution is -0.141. The van der Waals surface area contributed by atoms with Crippen LogP contribution in [-0.4, -0.2) is 47.5 Å². The second-order valence-electron chi connectivity index (χ2n) is 3.73. The number of β-lactam (4-membered cyclic amide) rings is 1. The Kier molecular flexibility index (Phi) is 2.23. The summed E-state index contributed by atoms with van der Waals surface area (Å²) in [5.41, 5.74) is 0.522. The Morgan fingerprint density at radius 1 is 1.61 bits per heavy atom. The molecular weight excluding hydrogens is 258 g/mol. The van der Waals surface area contributed by atoms with Gasteiger partial charge in [0.1, 0.15) is 11.1 Å². The van der Waals surface area contributed by atoms with Gasteiger partial charge in [0, 0.05) is 12.5 Å². The van der Waals surface area contributed by atoms with Crippen LogP contribution in [0.2, 0.25) is 0 Å². The standard InChI is InChI=1S/C9H7N5O3S/c1-13-6(10-11-12-13)2-4-7(15)14-5(9(16)17)3-18-8(4)14/h2-3,8H,1H3,(H,16,17)/b4-2+/t8-/m1/s1. The van der Waals surface area contributed by atoms with Crippen LogP contribution < -0.4 is 0 Å². The van der Waals surface area contributed by atoms with Crippen molar-refractivity contribution < 1.29 is 14.7 Å². The zero-order chi connectivity index (χ0) is 12.9. The molecule has 8 nitrogen and oxygen atoms in total. The van der Waals surface area contributed by atoms with Crippen molar-refractivity contribution in [2.24, 2.45) is 7.05 Å². The summed E-state index contributed by atoms with van der Waals surface area (Å²) in [6.45, 7) is 0. The van der Waals surface area contributed by atoms with Crippen LogP contribution in [-0.2, 0) is 16.6 Å². The maximum Gasteiger partial charge on any atom is 0.353 e. The molecule has 9 heteroatoms.